The number of imidazole rings is 1. The van der Waals surface area contributed by atoms with E-state index in [9.17, 15) is 0 Å². The fourth-order valence-electron chi connectivity index (χ4n) is 1.47. The van der Waals surface area contributed by atoms with Gasteiger partial charge in [-0.05, 0) is 31.0 Å². The maximum absolute atomic E-state index is 4.50. The molecule has 1 aromatic carbocycles. The predicted molar refractivity (Wildman–Crippen MR) is 46.9 cm³/mol. The van der Waals surface area contributed by atoms with Crippen molar-refractivity contribution >= 4 is 11.0 Å². The van der Waals surface area contributed by atoms with Gasteiger partial charge in [-0.3, -0.25) is 0 Å². The Hall–Kier alpha value is -1.31. The fourth-order valence-corrected chi connectivity index (χ4v) is 1.47. The summed E-state index contributed by atoms with van der Waals surface area (Å²) >= 11 is 0. The van der Waals surface area contributed by atoms with Crippen molar-refractivity contribution in [2.24, 2.45) is 0 Å². The molecular weight excluding hydrogens is 148 g/mol. The highest BCUT2D eigenvalue weighted by atomic mass is 14.9. The van der Waals surface area contributed by atoms with Crippen LogP contribution in [0.1, 0.15) is 24.6 Å². The molecule has 1 saturated carbocycles. The molecular formula is C10H9N2. The molecule has 1 N–H and O–H groups in total. The molecule has 1 fully saturated rings. The van der Waals surface area contributed by atoms with Gasteiger partial charge in [-0.2, -0.15) is 0 Å². The SMILES string of the molecule is [c]1ccc2nc(C3CC3)[nH]c2c1. The van der Waals surface area contributed by atoms with E-state index in [0.29, 0.717) is 5.92 Å². The Balaban J connectivity index is 2.23. The number of fused-ring (bicyclic) bond motifs is 1. The number of benzene rings is 1. The number of hydrogen-bond acceptors (Lipinski definition) is 1. The highest BCUT2D eigenvalue weighted by Gasteiger charge is 2.26. The van der Waals surface area contributed by atoms with Crippen LogP contribution in [0.25, 0.3) is 11.0 Å². The van der Waals surface area contributed by atoms with Crippen LogP contribution in [0.15, 0.2) is 18.2 Å². The lowest BCUT2D eigenvalue weighted by molar-refractivity contribution is 0.986. The Morgan fingerprint density at radius 1 is 1.50 bits per heavy atom. The van der Waals surface area contributed by atoms with E-state index >= 15 is 0 Å². The molecule has 0 bridgehead atoms. The van der Waals surface area contributed by atoms with Crippen LogP contribution in [0.2, 0.25) is 0 Å². The van der Waals surface area contributed by atoms with Crippen LogP contribution in [0, 0.1) is 6.07 Å². The Labute approximate surface area is 70.6 Å². The number of aromatic amines is 1. The molecule has 2 nitrogen and oxygen atoms in total. The minimum absolute atomic E-state index is 0.706. The molecule has 2 aromatic rings. The topological polar surface area (TPSA) is 28.7 Å². The van der Waals surface area contributed by atoms with Gasteiger partial charge in [0.25, 0.3) is 0 Å². The first-order chi connectivity index (χ1) is 5.93. The minimum atomic E-state index is 0.706. The number of nitrogens with one attached hydrogen (secondary N) is 1. The third-order valence-electron chi connectivity index (χ3n) is 2.31. The average Bonchev–Trinajstić information content (AvgIpc) is 2.85. The van der Waals surface area contributed by atoms with E-state index in [0.717, 1.165) is 16.9 Å². The molecule has 2 heteroatoms. The molecule has 12 heavy (non-hydrogen) atoms. The van der Waals surface area contributed by atoms with Gasteiger partial charge in [0.2, 0.25) is 0 Å². The van der Waals surface area contributed by atoms with Gasteiger partial charge in [-0.1, -0.05) is 6.07 Å². The highest BCUT2D eigenvalue weighted by molar-refractivity contribution is 5.74. The van der Waals surface area contributed by atoms with Gasteiger partial charge < -0.3 is 4.98 Å². The van der Waals surface area contributed by atoms with Crippen molar-refractivity contribution < 1.29 is 0 Å². The lowest BCUT2D eigenvalue weighted by atomic mass is 10.3. The van der Waals surface area contributed by atoms with Crippen molar-refractivity contribution in [1.82, 2.24) is 9.97 Å². The minimum Gasteiger partial charge on any atom is -0.342 e. The van der Waals surface area contributed by atoms with Crippen LogP contribution in [-0.4, -0.2) is 9.97 Å². The second-order valence-electron chi connectivity index (χ2n) is 3.34. The standard InChI is InChI=1S/C10H9N2/c1-2-4-9-8(3-1)11-10(12-9)7-5-6-7/h1,3-4,7H,5-6H2,(H,11,12). The third kappa shape index (κ3) is 0.843. The van der Waals surface area contributed by atoms with Gasteiger partial charge in [0.1, 0.15) is 5.82 Å². The summed E-state index contributed by atoms with van der Waals surface area (Å²) in [6, 6.07) is 8.89. The molecule has 0 spiro atoms. The number of nitrogens with zero attached hydrogens (tertiary/aromatic N) is 1. The summed E-state index contributed by atoms with van der Waals surface area (Å²) in [5.41, 5.74) is 2.18. The van der Waals surface area contributed by atoms with Crippen LogP contribution in [0.5, 0.6) is 0 Å². The van der Waals surface area contributed by atoms with Gasteiger partial charge in [-0.25, -0.2) is 4.98 Å². The van der Waals surface area contributed by atoms with Crippen molar-refractivity contribution in [1.29, 1.82) is 0 Å². The summed E-state index contributed by atoms with van der Waals surface area (Å²) in [7, 11) is 0. The van der Waals surface area contributed by atoms with Crippen LogP contribution in [0.3, 0.4) is 0 Å². The lowest BCUT2D eigenvalue weighted by Gasteiger charge is -1.84. The summed E-state index contributed by atoms with van der Waals surface area (Å²) in [6.07, 6.45) is 2.59. The first kappa shape index (κ1) is 6.23. The summed E-state index contributed by atoms with van der Waals surface area (Å²) in [6.45, 7) is 0. The average molecular weight is 157 g/mol. The Kier molecular flexibility index (Phi) is 1.09. The van der Waals surface area contributed by atoms with Gasteiger partial charge in [0.15, 0.2) is 0 Å². The van der Waals surface area contributed by atoms with Crippen molar-refractivity contribution in [2.75, 3.05) is 0 Å². The van der Waals surface area contributed by atoms with Crippen molar-refractivity contribution in [3.8, 4) is 0 Å². The monoisotopic (exact) mass is 157 g/mol. The smallest absolute Gasteiger partial charge is 0.110 e. The Bertz CT molecular complexity index is 379. The van der Waals surface area contributed by atoms with E-state index < -0.39 is 0 Å². The summed E-state index contributed by atoms with van der Waals surface area (Å²) in [5, 5.41) is 0. The second kappa shape index (κ2) is 2.09. The number of aromatic nitrogens is 2. The van der Waals surface area contributed by atoms with E-state index in [2.05, 4.69) is 16.0 Å². The zero-order valence-corrected chi connectivity index (χ0v) is 6.67. The molecule has 1 radical (unpaired) electrons. The van der Waals surface area contributed by atoms with E-state index in [4.69, 9.17) is 0 Å². The van der Waals surface area contributed by atoms with Crippen molar-refractivity contribution in [2.45, 2.75) is 18.8 Å². The van der Waals surface area contributed by atoms with Gasteiger partial charge >= 0.3 is 0 Å². The lowest BCUT2D eigenvalue weighted by Crippen LogP contribution is -1.79. The predicted octanol–water partition coefficient (Wildman–Crippen LogP) is 2.24. The number of hydrogen-bond donors (Lipinski definition) is 1. The molecule has 1 aliphatic carbocycles. The zero-order valence-electron chi connectivity index (χ0n) is 6.67. The van der Waals surface area contributed by atoms with E-state index in [1.54, 1.807) is 0 Å². The molecule has 0 atom stereocenters. The molecule has 0 saturated heterocycles. The second-order valence-corrected chi connectivity index (χ2v) is 3.34. The molecule has 3 rings (SSSR count). The van der Waals surface area contributed by atoms with Crippen LogP contribution < -0.4 is 0 Å². The number of rotatable bonds is 1. The fraction of sp³-hybridized carbons (Fsp3) is 0.300. The van der Waals surface area contributed by atoms with Gasteiger partial charge in [-0.15, -0.1) is 0 Å². The largest absolute Gasteiger partial charge is 0.342 e. The molecule has 1 heterocycles. The van der Waals surface area contributed by atoms with Crippen LogP contribution in [-0.2, 0) is 0 Å². The Morgan fingerprint density at radius 2 is 2.42 bits per heavy atom. The van der Waals surface area contributed by atoms with Crippen molar-refractivity contribution in [3.63, 3.8) is 0 Å². The molecule has 0 amide bonds. The quantitative estimate of drug-likeness (QED) is 0.675. The molecule has 59 valence electrons. The van der Waals surface area contributed by atoms with E-state index in [-0.39, 0.29) is 0 Å². The molecule has 1 aliphatic rings. The molecule has 1 aromatic heterocycles. The Morgan fingerprint density at radius 3 is 3.17 bits per heavy atom. The summed E-state index contributed by atoms with van der Waals surface area (Å²) < 4.78 is 0. The third-order valence-corrected chi connectivity index (χ3v) is 2.31. The summed E-state index contributed by atoms with van der Waals surface area (Å²) in [4.78, 5) is 7.81. The maximum atomic E-state index is 4.50. The summed E-state index contributed by atoms with van der Waals surface area (Å²) in [5.74, 6) is 1.86. The highest BCUT2D eigenvalue weighted by Crippen LogP contribution is 2.38. The number of H-pyrrole nitrogens is 1. The first-order valence-corrected chi connectivity index (χ1v) is 4.29. The van der Waals surface area contributed by atoms with E-state index in [1.807, 2.05) is 18.2 Å². The van der Waals surface area contributed by atoms with Crippen molar-refractivity contribution in [3.05, 3.63) is 30.1 Å². The van der Waals surface area contributed by atoms with Gasteiger partial charge in [0.05, 0.1) is 11.0 Å². The maximum Gasteiger partial charge on any atom is 0.110 e. The van der Waals surface area contributed by atoms with Gasteiger partial charge in [0, 0.05) is 5.92 Å². The molecule has 0 aliphatic heterocycles. The molecule has 0 unspecified atom stereocenters. The van der Waals surface area contributed by atoms with E-state index in [1.165, 1.54) is 12.8 Å². The van der Waals surface area contributed by atoms with Crippen LogP contribution in [0.4, 0.5) is 0 Å². The first-order valence-electron chi connectivity index (χ1n) is 4.29. The zero-order chi connectivity index (χ0) is 7.97. The normalized spacial score (nSPS) is 17.0. The van der Waals surface area contributed by atoms with Crippen LogP contribution >= 0.6 is 0 Å².